The van der Waals surface area contributed by atoms with Crippen molar-refractivity contribution in [2.24, 2.45) is 0 Å². The van der Waals surface area contributed by atoms with E-state index in [0.717, 1.165) is 0 Å². The lowest BCUT2D eigenvalue weighted by Gasteiger charge is -2.18. The third kappa shape index (κ3) is 4.49. The SMILES string of the molecule is CCC(Sc1nc2ccccc2c(=O)n1CC)C(=O)Nc1cc(C(=O)O)ccc1Cl. The van der Waals surface area contributed by atoms with Crippen molar-refractivity contribution in [1.29, 1.82) is 0 Å². The number of carbonyl (C=O) groups excluding carboxylic acids is 1. The number of carboxylic acids is 1. The summed E-state index contributed by atoms with van der Waals surface area (Å²) in [7, 11) is 0. The maximum atomic E-state index is 12.9. The number of carboxylic acid groups (broad SMARTS) is 1. The number of amides is 1. The lowest BCUT2D eigenvalue weighted by molar-refractivity contribution is -0.115. The number of para-hydroxylation sites is 1. The molecule has 9 heteroatoms. The van der Waals surface area contributed by atoms with E-state index in [1.54, 1.807) is 28.8 Å². The van der Waals surface area contributed by atoms with Crippen LogP contribution in [-0.2, 0) is 11.3 Å². The van der Waals surface area contributed by atoms with Gasteiger partial charge in [0.1, 0.15) is 0 Å². The van der Waals surface area contributed by atoms with Gasteiger partial charge in [-0.15, -0.1) is 0 Å². The Balaban J connectivity index is 1.90. The summed E-state index contributed by atoms with van der Waals surface area (Å²) >= 11 is 7.31. The molecule has 1 aromatic heterocycles. The largest absolute Gasteiger partial charge is 0.478 e. The number of hydrogen-bond donors (Lipinski definition) is 2. The smallest absolute Gasteiger partial charge is 0.335 e. The third-order valence-corrected chi connectivity index (χ3v) is 6.21. The molecule has 1 unspecified atom stereocenters. The summed E-state index contributed by atoms with van der Waals surface area (Å²) in [4.78, 5) is 41.4. The van der Waals surface area contributed by atoms with Gasteiger partial charge in [-0.25, -0.2) is 9.78 Å². The molecule has 1 heterocycles. The number of aromatic nitrogens is 2. The number of thioether (sulfide) groups is 1. The van der Waals surface area contributed by atoms with Gasteiger partial charge in [0, 0.05) is 6.54 Å². The minimum atomic E-state index is -1.11. The summed E-state index contributed by atoms with van der Waals surface area (Å²) < 4.78 is 1.54. The van der Waals surface area contributed by atoms with Crippen LogP contribution in [0.25, 0.3) is 10.9 Å². The van der Waals surface area contributed by atoms with Crippen molar-refractivity contribution < 1.29 is 14.7 Å². The van der Waals surface area contributed by atoms with Crippen LogP contribution < -0.4 is 10.9 Å². The lowest BCUT2D eigenvalue weighted by Crippen LogP contribution is -2.28. The highest BCUT2D eigenvalue weighted by atomic mass is 35.5. The molecule has 0 aliphatic heterocycles. The summed E-state index contributed by atoms with van der Waals surface area (Å²) in [6.07, 6.45) is 0.471. The fraction of sp³-hybridized carbons (Fsp3) is 0.238. The second kappa shape index (κ2) is 9.32. The number of hydrogen-bond acceptors (Lipinski definition) is 5. The molecule has 156 valence electrons. The van der Waals surface area contributed by atoms with Gasteiger partial charge in [-0.1, -0.05) is 42.4 Å². The standard InChI is InChI=1S/C21H20ClN3O4S/c1-3-17(18(26)23-16-11-12(20(28)29)9-10-14(16)22)30-21-24-15-8-6-5-7-13(15)19(27)25(21)4-2/h5-11,17H,3-4H2,1-2H3,(H,23,26)(H,28,29). The Hall–Kier alpha value is -2.84. The monoisotopic (exact) mass is 445 g/mol. The van der Waals surface area contributed by atoms with Crippen molar-refractivity contribution in [2.75, 3.05) is 5.32 Å². The topological polar surface area (TPSA) is 101 Å². The quantitative estimate of drug-likeness (QED) is 0.416. The zero-order valence-electron chi connectivity index (χ0n) is 16.4. The van der Waals surface area contributed by atoms with E-state index < -0.39 is 11.2 Å². The minimum Gasteiger partial charge on any atom is -0.478 e. The van der Waals surface area contributed by atoms with Crippen molar-refractivity contribution in [3.63, 3.8) is 0 Å². The number of fused-ring (bicyclic) bond motifs is 1. The number of nitrogens with one attached hydrogen (secondary N) is 1. The van der Waals surface area contributed by atoms with Crippen molar-refractivity contribution in [1.82, 2.24) is 9.55 Å². The van der Waals surface area contributed by atoms with Crippen LogP contribution in [0, 0.1) is 0 Å². The van der Waals surface area contributed by atoms with Crippen molar-refractivity contribution in [3.05, 3.63) is 63.4 Å². The zero-order chi connectivity index (χ0) is 21.8. The van der Waals surface area contributed by atoms with Crippen LogP contribution in [-0.4, -0.2) is 31.8 Å². The number of nitrogens with zero attached hydrogens (tertiary/aromatic N) is 2. The molecular weight excluding hydrogens is 426 g/mol. The molecule has 0 bridgehead atoms. The molecule has 0 radical (unpaired) electrons. The fourth-order valence-corrected chi connectivity index (χ4v) is 4.18. The maximum Gasteiger partial charge on any atom is 0.335 e. The van der Waals surface area contributed by atoms with Gasteiger partial charge >= 0.3 is 5.97 Å². The minimum absolute atomic E-state index is 0.0198. The second-order valence-corrected chi connectivity index (χ2v) is 8.04. The Morgan fingerprint density at radius 1 is 1.23 bits per heavy atom. The Morgan fingerprint density at radius 3 is 2.63 bits per heavy atom. The van der Waals surface area contributed by atoms with Crippen LogP contribution in [0.2, 0.25) is 5.02 Å². The average Bonchev–Trinajstić information content (AvgIpc) is 2.73. The summed E-state index contributed by atoms with van der Waals surface area (Å²) in [5.41, 5.74) is 0.659. The van der Waals surface area contributed by atoms with E-state index in [1.165, 1.54) is 30.0 Å². The van der Waals surface area contributed by atoms with Gasteiger partial charge in [0.2, 0.25) is 5.91 Å². The molecule has 2 aromatic carbocycles. The van der Waals surface area contributed by atoms with E-state index in [1.807, 2.05) is 13.8 Å². The van der Waals surface area contributed by atoms with Crippen molar-refractivity contribution in [3.8, 4) is 0 Å². The Kier molecular flexibility index (Phi) is 6.79. The molecule has 0 saturated heterocycles. The van der Waals surface area contributed by atoms with Gasteiger partial charge in [0.05, 0.1) is 32.4 Å². The van der Waals surface area contributed by atoms with E-state index in [2.05, 4.69) is 10.3 Å². The van der Waals surface area contributed by atoms with Crippen LogP contribution in [0.5, 0.6) is 0 Å². The van der Waals surface area contributed by atoms with Crippen LogP contribution in [0.1, 0.15) is 30.6 Å². The van der Waals surface area contributed by atoms with Gasteiger partial charge in [0.15, 0.2) is 5.16 Å². The van der Waals surface area contributed by atoms with Crippen LogP contribution >= 0.6 is 23.4 Å². The predicted octanol–water partition coefficient (Wildman–Crippen LogP) is 4.28. The molecule has 0 aliphatic rings. The number of carbonyl (C=O) groups is 2. The highest BCUT2D eigenvalue weighted by Gasteiger charge is 2.22. The molecule has 0 aliphatic carbocycles. The first-order valence-electron chi connectivity index (χ1n) is 9.35. The van der Waals surface area contributed by atoms with Crippen LogP contribution in [0.3, 0.4) is 0 Å². The Bertz CT molecular complexity index is 1180. The van der Waals surface area contributed by atoms with E-state index in [0.29, 0.717) is 29.0 Å². The fourth-order valence-electron chi connectivity index (χ4n) is 2.93. The molecule has 2 N–H and O–H groups in total. The predicted molar refractivity (Wildman–Crippen MR) is 119 cm³/mol. The molecule has 3 rings (SSSR count). The average molecular weight is 446 g/mol. The zero-order valence-corrected chi connectivity index (χ0v) is 18.0. The number of halogens is 1. The van der Waals surface area contributed by atoms with Crippen LogP contribution in [0.4, 0.5) is 5.69 Å². The second-order valence-electron chi connectivity index (χ2n) is 6.46. The summed E-state index contributed by atoms with van der Waals surface area (Å²) in [6, 6.07) is 11.2. The molecule has 7 nitrogen and oxygen atoms in total. The summed E-state index contributed by atoms with van der Waals surface area (Å²) in [5, 5.41) is 12.5. The van der Waals surface area contributed by atoms with Gasteiger partial charge in [-0.05, 0) is 43.7 Å². The first-order chi connectivity index (χ1) is 14.3. The first kappa shape index (κ1) is 21.9. The highest BCUT2D eigenvalue weighted by molar-refractivity contribution is 8.00. The summed E-state index contributed by atoms with van der Waals surface area (Å²) in [5.74, 6) is -1.46. The van der Waals surface area contributed by atoms with Gasteiger partial charge < -0.3 is 10.4 Å². The van der Waals surface area contributed by atoms with Crippen molar-refractivity contribution >= 4 is 51.8 Å². The van der Waals surface area contributed by atoms with E-state index in [-0.39, 0.29) is 27.7 Å². The van der Waals surface area contributed by atoms with E-state index in [4.69, 9.17) is 16.7 Å². The molecule has 3 aromatic rings. The Morgan fingerprint density at radius 2 is 1.97 bits per heavy atom. The van der Waals surface area contributed by atoms with Crippen molar-refractivity contribution in [2.45, 2.75) is 37.2 Å². The highest BCUT2D eigenvalue weighted by Crippen LogP contribution is 2.28. The number of rotatable bonds is 7. The normalized spacial score (nSPS) is 12.0. The molecule has 1 amide bonds. The van der Waals surface area contributed by atoms with Gasteiger partial charge in [0.25, 0.3) is 5.56 Å². The number of aromatic carboxylic acids is 1. The van der Waals surface area contributed by atoms with Gasteiger partial charge in [-0.2, -0.15) is 0 Å². The molecule has 0 fully saturated rings. The first-order valence-corrected chi connectivity index (χ1v) is 10.6. The molecular formula is C21H20ClN3O4S. The Labute approximate surface area is 182 Å². The lowest BCUT2D eigenvalue weighted by atomic mass is 10.2. The van der Waals surface area contributed by atoms with Gasteiger partial charge in [-0.3, -0.25) is 14.2 Å². The van der Waals surface area contributed by atoms with Crippen LogP contribution in [0.15, 0.2) is 52.4 Å². The molecule has 30 heavy (non-hydrogen) atoms. The molecule has 1 atom stereocenters. The van der Waals surface area contributed by atoms with E-state index >= 15 is 0 Å². The maximum absolute atomic E-state index is 12.9. The van der Waals surface area contributed by atoms with E-state index in [9.17, 15) is 14.4 Å². The number of anilines is 1. The summed E-state index contributed by atoms with van der Waals surface area (Å²) in [6.45, 7) is 4.12. The molecule has 0 saturated carbocycles. The molecule has 0 spiro atoms. The number of benzene rings is 2. The third-order valence-electron chi connectivity index (χ3n) is 4.52.